The largest absolute Gasteiger partial charge is 0.333 e. The van der Waals surface area contributed by atoms with Crippen molar-refractivity contribution in [2.75, 3.05) is 12.0 Å². The average molecular weight is 443 g/mol. The number of rotatable bonds is 3. The molecule has 2 aliphatic heterocycles. The molecule has 0 fully saturated rings. The quantitative estimate of drug-likeness (QED) is 0.746. The van der Waals surface area contributed by atoms with E-state index in [2.05, 4.69) is 15.7 Å². The minimum atomic E-state index is -0.296. The molecule has 0 atom stereocenters. The van der Waals surface area contributed by atoms with Crippen LogP contribution in [0.1, 0.15) is 12.5 Å². The summed E-state index contributed by atoms with van der Waals surface area (Å²) in [4.78, 5) is 24.7. The molecule has 2 aromatic carbocycles. The number of nitrogens with one attached hydrogen (secondary N) is 2. The van der Waals surface area contributed by atoms with Gasteiger partial charge in [-0.05, 0) is 48.6 Å². The molecule has 2 amide bonds. The Morgan fingerprint density at radius 2 is 2.00 bits per heavy atom. The van der Waals surface area contributed by atoms with Crippen molar-refractivity contribution < 1.29 is 14.0 Å². The van der Waals surface area contributed by atoms with Gasteiger partial charge in [-0.1, -0.05) is 29.4 Å². The van der Waals surface area contributed by atoms with Crippen molar-refractivity contribution in [2.45, 2.75) is 11.8 Å². The van der Waals surface area contributed by atoms with E-state index in [0.29, 0.717) is 32.6 Å². The van der Waals surface area contributed by atoms with Crippen LogP contribution >= 0.6 is 23.4 Å². The van der Waals surface area contributed by atoms with Crippen LogP contribution in [0.15, 0.2) is 70.3 Å². The van der Waals surface area contributed by atoms with Crippen LogP contribution in [0.5, 0.6) is 0 Å². The van der Waals surface area contributed by atoms with Gasteiger partial charge in [-0.25, -0.2) is 9.40 Å². The van der Waals surface area contributed by atoms with E-state index in [9.17, 15) is 14.0 Å². The van der Waals surface area contributed by atoms with Crippen LogP contribution in [0.2, 0.25) is 5.02 Å². The zero-order chi connectivity index (χ0) is 21.3. The van der Waals surface area contributed by atoms with E-state index in [4.69, 9.17) is 11.6 Å². The number of anilines is 1. The van der Waals surface area contributed by atoms with Crippen LogP contribution in [0, 0.1) is 5.82 Å². The summed E-state index contributed by atoms with van der Waals surface area (Å²) in [5.41, 5.74) is 2.10. The van der Waals surface area contributed by atoms with Gasteiger partial charge in [-0.3, -0.25) is 9.59 Å². The zero-order valence-electron chi connectivity index (χ0n) is 15.8. The van der Waals surface area contributed by atoms with E-state index in [1.165, 1.54) is 30.8 Å². The highest BCUT2D eigenvalue weighted by Crippen LogP contribution is 2.34. The second-order valence-electron chi connectivity index (χ2n) is 6.53. The number of amides is 2. The van der Waals surface area contributed by atoms with Gasteiger partial charge in [0.25, 0.3) is 5.91 Å². The normalized spacial score (nSPS) is 15.5. The third-order valence-corrected chi connectivity index (χ3v) is 5.60. The number of nitrogens with zero attached hydrogens (tertiary/aromatic N) is 2. The molecule has 30 heavy (non-hydrogen) atoms. The van der Waals surface area contributed by atoms with Crippen molar-refractivity contribution in [3.05, 3.63) is 76.7 Å². The number of thioether (sulfide) groups is 1. The molecule has 6 nitrogen and oxygen atoms in total. The number of carbonyl (C=O) groups is 2. The van der Waals surface area contributed by atoms with Gasteiger partial charge < -0.3 is 10.6 Å². The molecular formula is C21H16ClFN4O2S. The first-order valence-electron chi connectivity index (χ1n) is 8.98. The summed E-state index contributed by atoms with van der Waals surface area (Å²) < 4.78 is 13.1. The Balaban J connectivity index is 1.65. The molecular weight excluding hydrogens is 427 g/mol. The van der Waals surface area contributed by atoms with Crippen molar-refractivity contribution in [1.29, 1.82) is 0 Å². The Morgan fingerprint density at radius 3 is 2.70 bits per heavy atom. The minimum Gasteiger partial charge on any atom is -0.333 e. The second kappa shape index (κ2) is 8.33. The molecule has 4 rings (SSSR count). The molecule has 2 aromatic rings. The van der Waals surface area contributed by atoms with Crippen LogP contribution in [-0.4, -0.2) is 28.5 Å². The molecule has 0 aromatic heterocycles. The lowest BCUT2D eigenvalue weighted by atomic mass is 10.00. The summed E-state index contributed by atoms with van der Waals surface area (Å²) in [7, 11) is 0. The molecule has 152 valence electrons. The monoisotopic (exact) mass is 442 g/mol. The minimum absolute atomic E-state index is 0.210. The molecule has 2 heterocycles. The number of hydrazone groups is 1. The summed E-state index contributed by atoms with van der Waals surface area (Å²) >= 11 is 7.80. The van der Waals surface area contributed by atoms with Crippen molar-refractivity contribution in [1.82, 2.24) is 10.3 Å². The highest BCUT2D eigenvalue weighted by molar-refractivity contribution is 8.14. The standard InChI is InChI=1S/C21H16ClFN4O2S/c1-12(28)25-14-4-7-16(17(22)10-14)20-18-8-9-19(26-27(18)11-24-21(20)29)30-15-5-2-13(23)3-6-15/h2-10H,11H2,1H3,(H,24,29)(H,25,28). The molecule has 0 aliphatic carbocycles. The Bertz CT molecular complexity index is 1130. The lowest BCUT2D eigenvalue weighted by Crippen LogP contribution is -2.41. The number of allylic oxidation sites excluding steroid dienone is 1. The zero-order valence-corrected chi connectivity index (χ0v) is 17.4. The van der Waals surface area contributed by atoms with Crippen LogP contribution in [0.25, 0.3) is 5.57 Å². The van der Waals surface area contributed by atoms with Gasteiger partial charge >= 0.3 is 0 Å². The number of benzene rings is 2. The van der Waals surface area contributed by atoms with Crippen molar-refractivity contribution in [2.24, 2.45) is 5.10 Å². The van der Waals surface area contributed by atoms with Crippen LogP contribution in [-0.2, 0) is 9.59 Å². The lowest BCUT2D eigenvalue weighted by Gasteiger charge is -2.31. The highest BCUT2D eigenvalue weighted by atomic mass is 35.5. The van der Waals surface area contributed by atoms with Crippen LogP contribution < -0.4 is 10.6 Å². The fraction of sp³-hybridized carbons (Fsp3) is 0.0952. The van der Waals surface area contributed by atoms with Gasteiger partial charge in [0, 0.05) is 23.1 Å². The van der Waals surface area contributed by atoms with Gasteiger partial charge in [0.1, 0.15) is 17.5 Å². The number of hydrogen-bond acceptors (Lipinski definition) is 5. The van der Waals surface area contributed by atoms with Gasteiger partial charge in [-0.2, -0.15) is 5.10 Å². The second-order valence-corrected chi connectivity index (χ2v) is 8.03. The molecule has 2 N–H and O–H groups in total. The summed E-state index contributed by atoms with van der Waals surface area (Å²) in [5.74, 6) is -0.765. The molecule has 0 saturated heterocycles. The number of halogens is 2. The van der Waals surface area contributed by atoms with Crippen LogP contribution in [0.4, 0.5) is 10.1 Å². The molecule has 0 bridgehead atoms. The molecule has 9 heteroatoms. The predicted octanol–water partition coefficient (Wildman–Crippen LogP) is 4.21. The van der Waals surface area contributed by atoms with E-state index in [1.807, 2.05) is 6.08 Å². The molecule has 0 spiro atoms. The average Bonchev–Trinajstić information content (AvgIpc) is 2.70. The Kier molecular flexibility index (Phi) is 5.61. The lowest BCUT2D eigenvalue weighted by molar-refractivity contribution is -0.117. The van der Waals surface area contributed by atoms with E-state index in [1.54, 1.807) is 41.4 Å². The Hall–Kier alpha value is -3.10. The number of fused-ring (bicyclic) bond motifs is 1. The van der Waals surface area contributed by atoms with E-state index < -0.39 is 0 Å². The summed E-state index contributed by atoms with van der Waals surface area (Å²) in [6, 6.07) is 11.1. The first kappa shape index (κ1) is 20.2. The highest BCUT2D eigenvalue weighted by Gasteiger charge is 2.29. The fourth-order valence-electron chi connectivity index (χ4n) is 3.06. The van der Waals surface area contributed by atoms with Gasteiger partial charge in [0.2, 0.25) is 5.91 Å². The molecule has 0 unspecified atom stereocenters. The third-order valence-electron chi connectivity index (χ3n) is 4.35. The van der Waals surface area contributed by atoms with E-state index in [0.717, 1.165) is 4.90 Å². The predicted molar refractivity (Wildman–Crippen MR) is 116 cm³/mol. The van der Waals surface area contributed by atoms with Crippen LogP contribution in [0.3, 0.4) is 0 Å². The summed E-state index contributed by atoms with van der Waals surface area (Å²) in [5, 5.41) is 12.8. The fourth-order valence-corrected chi connectivity index (χ4v) is 4.13. The van der Waals surface area contributed by atoms with Gasteiger partial charge in [-0.15, -0.1) is 0 Å². The van der Waals surface area contributed by atoms with Gasteiger partial charge in [0.15, 0.2) is 0 Å². The first-order valence-corrected chi connectivity index (χ1v) is 10.2. The van der Waals surface area contributed by atoms with Crippen molar-refractivity contribution >= 4 is 51.5 Å². The first-order chi connectivity index (χ1) is 14.4. The maximum atomic E-state index is 13.1. The van der Waals surface area contributed by atoms with E-state index >= 15 is 0 Å². The molecule has 2 aliphatic rings. The maximum Gasteiger partial charge on any atom is 0.255 e. The molecule has 0 saturated carbocycles. The smallest absolute Gasteiger partial charge is 0.255 e. The Labute approximate surface area is 181 Å². The third kappa shape index (κ3) is 4.24. The molecule has 0 radical (unpaired) electrons. The topological polar surface area (TPSA) is 73.8 Å². The van der Waals surface area contributed by atoms with Crippen molar-refractivity contribution in [3.8, 4) is 0 Å². The van der Waals surface area contributed by atoms with Crippen molar-refractivity contribution in [3.63, 3.8) is 0 Å². The SMILES string of the molecule is CC(=O)Nc1ccc(C2=C3C=CC(Sc4ccc(F)cc4)=NN3CNC2=O)c(Cl)c1. The van der Waals surface area contributed by atoms with Gasteiger partial charge in [0.05, 0.1) is 16.3 Å². The maximum absolute atomic E-state index is 13.1. The van der Waals surface area contributed by atoms with E-state index in [-0.39, 0.29) is 24.3 Å². The Morgan fingerprint density at radius 1 is 1.23 bits per heavy atom. The number of carbonyl (C=O) groups excluding carboxylic acids is 2. The summed E-state index contributed by atoms with van der Waals surface area (Å²) in [6.45, 7) is 1.63. The summed E-state index contributed by atoms with van der Waals surface area (Å²) in [6.07, 6.45) is 3.61. The number of hydrogen-bond donors (Lipinski definition) is 2.